The smallest absolute Gasteiger partial charge is 0.407 e. The van der Waals surface area contributed by atoms with Gasteiger partial charge in [0.15, 0.2) is 0 Å². The topological polar surface area (TPSA) is 64.6 Å². The fourth-order valence-corrected chi connectivity index (χ4v) is 1.20. The third kappa shape index (κ3) is 9.66. The lowest BCUT2D eigenvalue weighted by atomic mass is 10.0. The van der Waals surface area contributed by atoms with Crippen LogP contribution in [0.2, 0.25) is 0 Å². The first kappa shape index (κ1) is 15.7. The summed E-state index contributed by atoms with van der Waals surface area (Å²) < 4.78 is 9.64. The highest BCUT2D eigenvalue weighted by molar-refractivity contribution is 5.69. The van der Waals surface area contributed by atoms with Crippen LogP contribution >= 0.6 is 0 Å². The second-order valence-electron chi connectivity index (χ2n) is 5.10. The summed E-state index contributed by atoms with van der Waals surface area (Å²) >= 11 is 0. The van der Waals surface area contributed by atoms with E-state index in [4.69, 9.17) is 4.74 Å². The molecule has 17 heavy (non-hydrogen) atoms. The highest BCUT2D eigenvalue weighted by atomic mass is 16.6. The van der Waals surface area contributed by atoms with Gasteiger partial charge in [-0.25, -0.2) is 4.79 Å². The summed E-state index contributed by atoms with van der Waals surface area (Å²) in [5, 5.41) is 2.65. The number of amides is 1. The maximum Gasteiger partial charge on any atom is 0.407 e. The number of esters is 1. The van der Waals surface area contributed by atoms with E-state index in [1.807, 2.05) is 27.7 Å². The summed E-state index contributed by atoms with van der Waals surface area (Å²) in [6, 6.07) is 0. The third-order valence-electron chi connectivity index (χ3n) is 2.05. The molecular weight excluding hydrogens is 222 g/mol. The highest BCUT2D eigenvalue weighted by Gasteiger charge is 2.16. The SMILES string of the molecule is COC(=O)C[C@@H](C)CCNC(=O)OC(C)(C)C. The Morgan fingerprint density at radius 2 is 1.88 bits per heavy atom. The lowest BCUT2D eigenvalue weighted by Gasteiger charge is -2.20. The molecule has 0 bridgehead atoms. The van der Waals surface area contributed by atoms with Gasteiger partial charge in [0.1, 0.15) is 5.60 Å². The van der Waals surface area contributed by atoms with E-state index in [1.165, 1.54) is 7.11 Å². The molecule has 5 nitrogen and oxygen atoms in total. The minimum Gasteiger partial charge on any atom is -0.469 e. The number of ether oxygens (including phenoxy) is 2. The molecule has 0 aliphatic carbocycles. The average molecular weight is 245 g/mol. The molecule has 0 saturated carbocycles. The van der Waals surface area contributed by atoms with Gasteiger partial charge in [0.05, 0.1) is 7.11 Å². The Bertz CT molecular complexity index is 258. The molecule has 0 aliphatic heterocycles. The maximum atomic E-state index is 11.3. The average Bonchev–Trinajstić information content (AvgIpc) is 2.14. The van der Waals surface area contributed by atoms with E-state index in [0.29, 0.717) is 19.4 Å². The zero-order chi connectivity index (χ0) is 13.5. The molecule has 1 N–H and O–H groups in total. The molecule has 100 valence electrons. The van der Waals surface area contributed by atoms with Crippen molar-refractivity contribution in [3.8, 4) is 0 Å². The molecule has 1 amide bonds. The van der Waals surface area contributed by atoms with Crippen molar-refractivity contribution >= 4 is 12.1 Å². The molecule has 0 aromatic rings. The van der Waals surface area contributed by atoms with Gasteiger partial charge in [0.2, 0.25) is 0 Å². The quantitative estimate of drug-likeness (QED) is 0.753. The molecular formula is C12H23NO4. The minimum absolute atomic E-state index is 0.178. The Balaban J connectivity index is 3.70. The van der Waals surface area contributed by atoms with E-state index >= 15 is 0 Å². The summed E-state index contributed by atoms with van der Waals surface area (Å²) in [6.07, 6.45) is 0.656. The van der Waals surface area contributed by atoms with Gasteiger partial charge in [-0.3, -0.25) is 4.79 Å². The maximum absolute atomic E-state index is 11.3. The zero-order valence-corrected chi connectivity index (χ0v) is 11.3. The Labute approximate surface area is 103 Å². The summed E-state index contributed by atoms with van der Waals surface area (Å²) in [4.78, 5) is 22.3. The molecule has 0 saturated heterocycles. The van der Waals surface area contributed by atoms with E-state index in [1.54, 1.807) is 0 Å². The Hall–Kier alpha value is -1.26. The van der Waals surface area contributed by atoms with E-state index < -0.39 is 11.7 Å². The fourth-order valence-electron chi connectivity index (χ4n) is 1.20. The second kappa shape index (κ2) is 7.14. The van der Waals surface area contributed by atoms with Crippen molar-refractivity contribution in [1.82, 2.24) is 5.32 Å². The fraction of sp³-hybridized carbons (Fsp3) is 0.833. The van der Waals surface area contributed by atoms with Crippen molar-refractivity contribution in [1.29, 1.82) is 0 Å². The van der Waals surface area contributed by atoms with Crippen LogP contribution in [0, 0.1) is 5.92 Å². The van der Waals surface area contributed by atoms with Gasteiger partial charge in [-0.15, -0.1) is 0 Å². The van der Waals surface area contributed by atoms with E-state index in [2.05, 4.69) is 10.1 Å². The van der Waals surface area contributed by atoms with Crippen molar-refractivity contribution in [2.75, 3.05) is 13.7 Å². The van der Waals surface area contributed by atoms with E-state index in [0.717, 1.165) is 0 Å². The summed E-state index contributed by atoms with van der Waals surface area (Å²) in [5.74, 6) is -0.0489. The number of methoxy groups -OCH3 is 1. The number of nitrogens with one attached hydrogen (secondary N) is 1. The Morgan fingerprint density at radius 3 is 2.35 bits per heavy atom. The number of alkyl carbamates (subject to hydrolysis) is 1. The van der Waals surface area contributed by atoms with Crippen LogP contribution in [0.1, 0.15) is 40.5 Å². The van der Waals surface area contributed by atoms with Crippen molar-refractivity contribution in [2.24, 2.45) is 5.92 Å². The Morgan fingerprint density at radius 1 is 1.29 bits per heavy atom. The van der Waals surface area contributed by atoms with Crippen molar-refractivity contribution < 1.29 is 19.1 Å². The second-order valence-corrected chi connectivity index (χ2v) is 5.10. The first-order valence-electron chi connectivity index (χ1n) is 5.78. The van der Waals surface area contributed by atoms with Gasteiger partial charge in [-0.2, -0.15) is 0 Å². The van der Waals surface area contributed by atoms with Crippen LogP contribution in [-0.4, -0.2) is 31.3 Å². The number of hydrogen-bond acceptors (Lipinski definition) is 4. The normalized spacial score (nSPS) is 12.8. The summed E-state index contributed by atoms with van der Waals surface area (Å²) in [5.41, 5.74) is -0.484. The predicted molar refractivity (Wildman–Crippen MR) is 64.7 cm³/mol. The molecule has 0 spiro atoms. The van der Waals surface area contributed by atoms with Crippen molar-refractivity contribution in [3.63, 3.8) is 0 Å². The van der Waals surface area contributed by atoms with Gasteiger partial charge in [-0.1, -0.05) is 6.92 Å². The molecule has 0 aromatic heterocycles. The standard InChI is InChI=1S/C12H23NO4/c1-9(8-10(14)16-5)6-7-13-11(15)17-12(2,3)4/h9H,6-8H2,1-5H3,(H,13,15)/t9-/m0/s1. The first-order valence-corrected chi connectivity index (χ1v) is 5.78. The molecule has 5 heteroatoms. The van der Waals surface area contributed by atoms with Crippen LogP contribution in [0.3, 0.4) is 0 Å². The van der Waals surface area contributed by atoms with Gasteiger partial charge < -0.3 is 14.8 Å². The largest absolute Gasteiger partial charge is 0.469 e. The van der Waals surface area contributed by atoms with Gasteiger partial charge in [-0.05, 0) is 33.1 Å². The molecule has 0 aliphatic rings. The summed E-state index contributed by atoms with van der Waals surface area (Å²) in [7, 11) is 1.37. The van der Waals surface area contributed by atoms with Crippen molar-refractivity contribution in [2.45, 2.75) is 46.1 Å². The zero-order valence-electron chi connectivity index (χ0n) is 11.3. The number of hydrogen-bond donors (Lipinski definition) is 1. The molecule has 1 atom stereocenters. The van der Waals surface area contributed by atoms with Crippen molar-refractivity contribution in [3.05, 3.63) is 0 Å². The predicted octanol–water partition coefficient (Wildman–Crippen LogP) is 2.10. The highest BCUT2D eigenvalue weighted by Crippen LogP contribution is 2.08. The molecule has 0 heterocycles. The van der Waals surface area contributed by atoms with Crippen LogP contribution in [0.15, 0.2) is 0 Å². The molecule has 0 aromatic carbocycles. The third-order valence-corrected chi connectivity index (χ3v) is 2.05. The first-order chi connectivity index (χ1) is 7.74. The van der Waals surface area contributed by atoms with Gasteiger partial charge in [0.25, 0.3) is 0 Å². The van der Waals surface area contributed by atoms with Crippen LogP contribution in [-0.2, 0) is 14.3 Å². The Kier molecular flexibility index (Phi) is 6.61. The van der Waals surface area contributed by atoms with Crippen LogP contribution in [0.25, 0.3) is 0 Å². The van der Waals surface area contributed by atoms with Crippen LogP contribution in [0.4, 0.5) is 4.79 Å². The number of rotatable bonds is 5. The minimum atomic E-state index is -0.484. The van der Waals surface area contributed by atoms with Gasteiger partial charge in [0, 0.05) is 13.0 Å². The lowest BCUT2D eigenvalue weighted by molar-refractivity contribution is -0.141. The molecule has 0 fully saturated rings. The molecule has 0 radical (unpaired) electrons. The van der Waals surface area contributed by atoms with E-state index in [9.17, 15) is 9.59 Å². The van der Waals surface area contributed by atoms with Crippen LogP contribution < -0.4 is 5.32 Å². The van der Waals surface area contributed by atoms with Crippen LogP contribution in [0.5, 0.6) is 0 Å². The van der Waals surface area contributed by atoms with Gasteiger partial charge >= 0.3 is 12.1 Å². The van der Waals surface area contributed by atoms with E-state index in [-0.39, 0.29) is 11.9 Å². The monoisotopic (exact) mass is 245 g/mol. The molecule has 0 rings (SSSR count). The summed E-state index contributed by atoms with van der Waals surface area (Å²) in [6.45, 7) is 7.87. The lowest BCUT2D eigenvalue weighted by Crippen LogP contribution is -2.33. The number of carbonyl (C=O) groups excluding carboxylic acids is 2. The number of carbonyl (C=O) groups is 2. The molecule has 0 unspecified atom stereocenters.